The minimum Gasteiger partial charge on any atom is -0.489 e. The summed E-state index contributed by atoms with van der Waals surface area (Å²) < 4.78 is 7.34. The molecule has 3 rings (SSSR count). The average molecular weight is 406 g/mol. The number of hydrogen-bond acceptors (Lipinski definition) is 4. The van der Waals surface area contributed by atoms with E-state index in [0.717, 1.165) is 21.3 Å². The van der Waals surface area contributed by atoms with Crippen molar-refractivity contribution >= 4 is 56.2 Å². The summed E-state index contributed by atoms with van der Waals surface area (Å²) in [5.74, 6) is 0.606. The molecule has 1 heterocycles. The van der Waals surface area contributed by atoms with Gasteiger partial charge in [0.25, 0.3) is 5.91 Å². The number of ether oxygens (including phenoxy) is 1. The minimum absolute atomic E-state index is 0.152. The van der Waals surface area contributed by atoms with Crippen LogP contribution in [0.1, 0.15) is 11.1 Å². The molecule has 0 atom stereocenters. The Kier molecular flexibility index (Phi) is 5.15. The summed E-state index contributed by atoms with van der Waals surface area (Å²) in [5.41, 5.74) is 1.99. The van der Waals surface area contributed by atoms with Gasteiger partial charge in [-0.25, -0.2) is 0 Å². The Morgan fingerprint density at radius 2 is 2.00 bits per heavy atom. The van der Waals surface area contributed by atoms with E-state index in [4.69, 9.17) is 17.0 Å². The number of halogens is 1. The van der Waals surface area contributed by atoms with Gasteiger partial charge in [0.05, 0.1) is 4.91 Å². The molecule has 1 fully saturated rings. The van der Waals surface area contributed by atoms with E-state index in [1.165, 1.54) is 11.8 Å². The highest BCUT2D eigenvalue weighted by Gasteiger charge is 2.21. The zero-order valence-electron chi connectivity index (χ0n) is 11.9. The Morgan fingerprint density at radius 3 is 2.70 bits per heavy atom. The van der Waals surface area contributed by atoms with Gasteiger partial charge in [-0.15, -0.1) is 0 Å². The van der Waals surface area contributed by atoms with Crippen LogP contribution in [0, 0.1) is 0 Å². The number of benzene rings is 2. The molecular weight excluding hydrogens is 394 g/mol. The molecule has 0 radical (unpaired) electrons. The van der Waals surface area contributed by atoms with Crippen molar-refractivity contribution in [1.82, 2.24) is 5.32 Å². The molecule has 0 spiro atoms. The molecule has 0 saturated carbocycles. The Bertz CT molecular complexity index is 787. The van der Waals surface area contributed by atoms with Crippen molar-refractivity contribution in [3.63, 3.8) is 0 Å². The summed E-state index contributed by atoms with van der Waals surface area (Å²) >= 11 is 9.67. The first-order valence-electron chi connectivity index (χ1n) is 6.82. The normalized spacial score (nSPS) is 15.8. The van der Waals surface area contributed by atoms with Gasteiger partial charge in [-0.05, 0) is 41.5 Å². The van der Waals surface area contributed by atoms with E-state index >= 15 is 0 Å². The van der Waals surface area contributed by atoms with Gasteiger partial charge in [0, 0.05) is 4.47 Å². The van der Waals surface area contributed by atoms with Crippen LogP contribution < -0.4 is 10.1 Å². The quantitative estimate of drug-likeness (QED) is 0.599. The van der Waals surface area contributed by atoms with Crippen molar-refractivity contribution in [1.29, 1.82) is 0 Å². The third-order valence-corrected chi connectivity index (χ3v) is 4.81. The zero-order valence-corrected chi connectivity index (χ0v) is 15.1. The lowest BCUT2D eigenvalue weighted by molar-refractivity contribution is -0.115. The van der Waals surface area contributed by atoms with Crippen LogP contribution in [-0.4, -0.2) is 10.2 Å². The molecule has 1 N–H and O–H groups in total. The fourth-order valence-electron chi connectivity index (χ4n) is 2.01. The Hall–Kier alpha value is -1.63. The van der Waals surface area contributed by atoms with E-state index in [1.54, 1.807) is 0 Å². The lowest BCUT2D eigenvalue weighted by Crippen LogP contribution is -2.17. The highest BCUT2D eigenvalue weighted by molar-refractivity contribution is 9.10. The number of nitrogens with one attached hydrogen (secondary N) is 1. The summed E-state index contributed by atoms with van der Waals surface area (Å²) in [4.78, 5) is 12.3. The average Bonchev–Trinajstić information content (AvgIpc) is 2.85. The van der Waals surface area contributed by atoms with Crippen molar-refractivity contribution in [3.05, 3.63) is 69.0 Å². The minimum atomic E-state index is -0.152. The second-order valence-corrected chi connectivity index (χ2v) is 7.47. The van der Waals surface area contributed by atoms with E-state index in [0.29, 0.717) is 15.8 Å². The monoisotopic (exact) mass is 405 g/mol. The lowest BCUT2D eigenvalue weighted by atomic mass is 10.2. The molecule has 1 saturated heterocycles. The fraction of sp³-hybridized carbons (Fsp3) is 0.0588. The topological polar surface area (TPSA) is 38.3 Å². The molecule has 0 aliphatic carbocycles. The summed E-state index contributed by atoms with van der Waals surface area (Å²) in [6.07, 6.45) is 1.81. The predicted octanol–water partition coefficient (Wildman–Crippen LogP) is 4.52. The molecule has 0 aromatic heterocycles. The summed E-state index contributed by atoms with van der Waals surface area (Å²) in [5, 5.41) is 2.61. The van der Waals surface area contributed by atoms with Crippen molar-refractivity contribution < 1.29 is 9.53 Å². The zero-order chi connectivity index (χ0) is 16.2. The highest BCUT2D eigenvalue weighted by Crippen LogP contribution is 2.27. The number of carbonyl (C=O) groups is 1. The van der Waals surface area contributed by atoms with Gasteiger partial charge in [0.2, 0.25) is 0 Å². The molecule has 0 unspecified atom stereocenters. The maximum atomic E-state index is 11.7. The van der Waals surface area contributed by atoms with Gasteiger partial charge in [-0.3, -0.25) is 4.79 Å². The van der Waals surface area contributed by atoms with Gasteiger partial charge in [-0.2, -0.15) is 0 Å². The number of amides is 1. The van der Waals surface area contributed by atoms with E-state index < -0.39 is 0 Å². The van der Waals surface area contributed by atoms with Crippen molar-refractivity contribution in [2.75, 3.05) is 0 Å². The first-order chi connectivity index (χ1) is 11.1. The second-order valence-electron chi connectivity index (χ2n) is 4.84. The summed E-state index contributed by atoms with van der Waals surface area (Å²) in [6.45, 7) is 0.493. The number of carbonyl (C=O) groups excluding carboxylic acids is 1. The maximum Gasteiger partial charge on any atom is 0.263 e. The summed E-state index contributed by atoms with van der Waals surface area (Å²) in [7, 11) is 0. The van der Waals surface area contributed by atoms with Crippen LogP contribution in [0.5, 0.6) is 5.75 Å². The molecule has 2 aromatic carbocycles. The summed E-state index contributed by atoms with van der Waals surface area (Å²) in [6, 6.07) is 15.6. The van der Waals surface area contributed by atoms with E-state index in [9.17, 15) is 4.79 Å². The van der Waals surface area contributed by atoms with Gasteiger partial charge in [0.15, 0.2) is 0 Å². The lowest BCUT2D eigenvalue weighted by Gasteiger charge is -2.07. The van der Waals surface area contributed by atoms with Crippen molar-refractivity contribution in [3.8, 4) is 5.75 Å². The SMILES string of the molecule is O=C1NC(=S)SC1=Cc1cccc(OCc2ccc(Br)cc2)c1. The number of hydrogen-bond donors (Lipinski definition) is 1. The highest BCUT2D eigenvalue weighted by atomic mass is 79.9. The van der Waals surface area contributed by atoms with Gasteiger partial charge >= 0.3 is 0 Å². The van der Waals surface area contributed by atoms with Gasteiger partial charge in [-0.1, -0.05) is 64.2 Å². The van der Waals surface area contributed by atoms with Gasteiger partial charge < -0.3 is 10.1 Å². The third-order valence-electron chi connectivity index (χ3n) is 3.12. The van der Waals surface area contributed by atoms with Crippen molar-refractivity contribution in [2.45, 2.75) is 6.61 Å². The van der Waals surface area contributed by atoms with Crippen LogP contribution in [0.4, 0.5) is 0 Å². The van der Waals surface area contributed by atoms with E-state index in [2.05, 4.69) is 21.2 Å². The standard InChI is InChI=1S/C17H12BrNO2S2/c18-13-6-4-11(5-7-13)10-21-14-3-1-2-12(8-14)9-15-16(20)19-17(22)23-15/h1-9H,10H2,(H,19,20,22). The molecule has 3 nitrogen and oxygen atoms in total. The molecule has 1 amide bonds. The van der Waals surface area contributed by atoms with Crippen LogP contribution in [0.2, 0.25) is 0 Å². The molecule has 1 aliphatic rings. The predicted molar refractivity (Wildman–Crippen MR) is 101 cm³/mol. The molecule has 23 heavy (non-hydrogen) atoms. The first-order valence-corrected chi connectivity index (χ1v) is 8.84. The van der Waals surface area contributed by atoms with Gasteiger partial charge in [0.1, 0.15) is 16.7 Å². The second kappa shape index (κ2) is 7.29. The molecular formula is C17H12BrNO2S2. The Balaban J connectivity index is 1.70. The molecule has 6 heteroatoms. The molecule has 1 aliphatic heterocycles. The van der Waals surface area contributed by atoms with Crippen LogP contribution in [0.25, 0.3) is 6.08 Å². The largest absolute Gasteiger partial charge is 0.489 e. The number of thiocarbonyl (C=S) groups is 1. The smallest absolute Gasteiger partial charge is 0.263 e. The molecule has 2 aromatic rings. The van der Waals surface area contributed by atoms with Crippen LogP contribution in [0.3, 0.4) is 0 Å². The molecule has 0 bridgehead atoms. The Labute approximate surface area is 152 Å². The van der Waals surface area contributed by atoms with E-state index in [1.807, 2.05) is 54.6 Å². The van der Waals surface area contributed by atoms with Crippen LogP contribution >= 0.6 is 39.9 Å². The third kappa shape index (κ3) is 4.43. The Morgan fingerprint density at radius 1 is 1.22 bits per heavy atom. The van der Waals surface area contributed by atoms with Crippen LogP contribution in [-0.2, 0) is 11.4 Å². The first kappa shape index (κ1) is 16.2. The maximum absolute atomic E-state index is 11.7. The molecule has 116 valence electrons. The fourth-order valence-corrected chi connectivity index (χ4v) is 3.32. The number of thioether (sulfide) groups is 1. The number of rotatable bonds is 4. The van der Waals surface area contributed by atoms with Crippen LogP contribution in [0.15, 0.2) is 57.9 Å². The van der Waals surface area contributed by atoms with E-state index in [-0.39, 0.29) is 5.91 Å². The van der Waals surface area contributed by atoms with Crippen molar-refractivity contribution in [2.24, 2.45) is 0 Å².